The second-order valence-electron chi connectivity index (χ2n) is 8.45. The SMILES string of the molecule is CC(C)CC(C)COc1ccc(-c2ccnc3ccccc23)cc1C1CC1. The summed E-state index contributed by atoms with van der Waals surface area (Å²) < 4.78 is 6.27. The van der Waals surface area contributed by atoms with Crippen molar-refractivity contribution in [3.63, 3.8) is 0 Å². The summed E-state index contributed by atoms with van der Waals surface area (Å²) in [5.74, 6) is 3.04. The number of ether oxygens (including phenoxy) is 1. The van der Waals surface area contributed by atoms with E-state index in [4.69, 9.17) is 4.74 Å². The lowest BCUT2D eigenvalue weighted by molar-refractivity contribution is 0.237. The molecule has 1 aromatic heterocycles. The van der Waals surface area contributed by atoms with Crippen LogP contribution < -0.4 is 4.74 Å². The van der Waals surface area contributed by atoms with E-state index in [1.807, 2.05) is 12.3 Å². The van der Waals surface area contributed by atoms with Crippen molar-refractivity contribution in [1.29, 1.82) is 0 Å². The van der Waals surface area contributed by atoms with Crippen molar-refractivity contribution in [3.05, 3.63) is 60.3 Å². The molecular weight excluding hydrogens is 330 g/mol. The molecule has 0 bridgehead atoms. The molecule has 1 heterocycles. The minimum Gasteiger partial charge on any atom is -0.493 e. The molecule has 2 nitrogen and oxygen atoms in total. The van der Waals surface area contributed by atoms with Crippen LogP contribution in [0.5, 0.6) is 5.75 Å². The number of benzene rings is 2. The number of hydrogen-bond donors (Lipinski definition) is 0. The highest BCUT2D eigenvalue weighted by Crippen LogP contribution is 2.46. The Balaban J connectivity index is 1.63. The van der Waals surface area contributed by atoms with Crippen molar-refractivity contribution in [3.8, 4) is 16.9 Å². The first-order valence-electron chi connectivity index (χ1n) is 10.2. The normalized spacial score (nSPS) is 15.3. The molecule has 2 heteroatoms. The van der Waals surface area contributed by atoms with E-state index in [2.05, 4.69) is 68.2 Å². The van der Waals surface area contributed by atoms with Crippen LogP contribution >= 0.6 is 0 Å². The summed E-state index contributed by atoms with van der Waals surface area (Å²) in [7, 11) is 0. The Bertz CT molecular complexity index is 921. The van der Waals surface area contributed by atoms with Crippen LogP contribution in [0.1, 0.15) is 51.5 Å². The quantitative estimate of drug-likeness (QED) is 0.461. The monoisotopic (exact) mass is 359 g/mol. The predicted molar refractivity (Wildman–Crippen MR) is 113 cm³/mol. The molecule has 3 aromatic rings. The van der Waals surface area contributed by atoms with Gasteiger partial charge in [0.15, 0.2) is 0 Å². The summed E-state index contributed by atoms with van der Waals surface area (Å²) in [6, 6.07) is 17.2. The molecule has 140 valence electrons. The number of nitrogens with zero attached hydrogens (tertiary/aromatic N) is 1. The smallest absolute Gasteiger partial charge is 0.122 e. The molecule has 4 rings (SSSR count). The Morgan fingerprint density at radius 2 is 1.85 bits per heavy atom. The van der Waals surface area contributed by atoms with E-state index in [9.17, 15) is 0 Å². The highest BCUT2D eigenvalue weighted by Gasteiger charge is 2.27. The maximum atomic E-state index is 6.27. The van der Waals surface area contributed by atoms with Gasteiger partial charge in [-0.15, -0.1) is 0 Å². The number of pyridine rings is 1. The zero-order chi connectivity index (χ0) is 18.8. The molecule has 0 aliphatic heterocycles. The van der Waals surface area contributed by atoms with Crippen LogP contribution in [0.3, 0.4) is 0 Å². The first kappa shape index (κ1) is 18.0. The van der Waals surface area contributed by atoms with Crippen molar-refractivity contribution in [2.75, 3.05) is 6.61 Å². The Morgan fingerprint density at radius 3 is 2.63 bits per heavy atom. The molecule has 0 amide bonds. The topological polar surface area (TPSA) is 22.1 Å². The standard InChI is InChI=1S/C25H29NO/c1-17(2)14-18(3)16-27-25-11-10-20(15-23(25)19-8-9-19)21-12-13-26-24-7-5-4-6-22(21)24/h4-7,10-13,15,17-19H,8-9,14,16H2,1-3H3. The molecule has 1 atom stereocenters. The van der Waals surface area contributed by atoms with E-state index in [1.165, 1.54) is 41.3 Å². The lowest BCUT2D eigenvalue weighted by Gasteiger charge is -2.18. The van der Waals surface area contributed by atoms with Gasteiger partial charge >= 0.3 is 0 Å². The van der Waals surface area contributed by atoms with Crippen LogP contribution in [0.4, 0.5) is 0 Å². The van der Waals surface area contributed by atoms with Crippen LogP contribution in [-0.4, -0.2) is 11.6 Å². The Hall–Kier alpha value is -2.35. The minimum atomic E-state index is 0.584. The molecule has 0 saturated heterocycles. The van der Waals surface area contributed by atoms with Crippen molar-refractivity contribution in [2.24, 2.45) is 11.8 Å². The van der Waals surface area contributed by atoms with Gasteiger partial charge in [-0.1, -0.05) is 45.0 Å². The second-order valence-corrected chi connectivity index (χ2v) is 8.45. The summed E-state index contributed by atoms with van der Waals surface area (Å²) in [4.78, 5) is 4.50. The fraction of sp³-hybridized carbons (Fsp3) is 0.400. The molecule has 0 radical (unpaired) electrons. The average molecular weight is 360 g/mol. The Kier molecular flexibility index (Phi) is 5.15. The van der Waals surface area contributed by atoms with Gasteiger partial charge in [-0.2, -0.15) is 0 Å². The third kappa shape index (κ3) is 4.16. The number of rotatable bonds is 7. The van der Waals surface area contributed by atoms with Crippen molar-refractivity contribution in [2.45, 2.75) is 46.0 Å². The molecule has 27 heavy (non-hydrogen) atoms. The Morgan fingerprint density at radius 1 is 1.04 bits per heavy atom. The lowest BCUT2D eigenvalue weighted by Crippen LogP contribution is -2.11. The molecule has 1 aliphatic carbocycles. The summed E-state index contributed by atoms with van der Waals surface area (Å²) >= 11 is 0. The summed E-state index contributed by atoms with van der Waals surface area (Å²) in [5.41, 5.74) is 4.94. The fourth-order valence-electron chi connectivity index (χ4n) is 4.01. The van der Waals surface area contributed by atoms with Gasteiger partial charge in [0.05, 0.1) is 12.1 Å². The lowest BCUT2D eigenvalue weighted by atomic mass is 9.97. The van der Waals surface area contributed by atoms with E-state index >= 15 is 0 Å². The van der Waals surface area contributed by atoms with E-state index < -0.39 is 0 Å². The maximum Gasteiger partial charge on any atom is 0.122 e. The van der Waals surface area contributed by atoms with Crippen LogP contribution in [-0.2, 0) is 0 Å². The number of aromatic nitrogens is 1. The van der Waals surface area contributed by atoms with Gasteiger partial charge < -0.3 is 4.74 Å². The highest BCUT2D eigenvalue weighted by atomic mass is 16.5. The van der Waals surface area contributed by atoms with Crippen LogP contribution in [0.15, 0.2) is 54.7 Å². The summed E-state index contributed by atoms with van der Waals surface area (Å²) in [6.45, 7) is 7.64. The molecule has 0 spiro atoms. The first-order chi connectivity index (χ1) is 13.1. The highest BCUT2D eigenvalue weighted by molar-refractivity contribution is 5.94. The summed E-state index contributed by atoms with van der Waals surface area (Å²) in [6.07, 6.45) is 5.67. The van der Waals surface area contributed by atoms with Crippen LogP contribution in [0, 0.1) is 11.8 Å². The van der Waals surface area contributed by atoms with Gasteiger partial charge in [0.25, 0.3) is 0 Å². The molecule has 0 N–H and O–H groups in total. The van der Waals surface area contributed by atoms with E-state index in [0.29, 0.717) is 17.8 Å². The zero-order valence-electron chi connectivity index (χ0n) is 16.6. The van der Waals surface area contributed by atoms with Crippen molar-refractivity contribution < 1.29 is 4.74 Å². The molecule has 1 fully saturated rings. The first-order valence-corrected chi connectivity index (χ1v) is 10.2. The van der Waals surface area contributed by atoms with Gasteiger partial charge in [0.2, 0.25) is 0 Å². The molecule has 1 unspecified atom stereocenters. The molecule has 1 aliphatic rings. The van der Waals surface area contributed by atoms with E-state index in [-0.39, 0.29) is 0 Å². The van der Waals surface area contributed by atoms with Gasteiger partial charge in [-0.3, -0.25) is 4.98 Å². The number of fused-ring (bicyclic) bond motifs is 1. The van der Waals surface area contributed by atoms with Gasteiger partial charge in [-0.25, -0.2) is 0 Å². The maximum absolute atomic E-state index is 6.27. The second kappa shape index (κ2) is 7.72. The van der Waals surface area contributed by atoms with Gasteiger partial charge in [0.1, 0.15) is 5.75 Å². The molecule has 1 saturated carbocycles. The third-order valence-corrected chi connectivity index (χ3v) is 5.38. The molecular formula is C25H29NO. The fourth-order valence-corrected chi connectivity index (χ4v) is 4.01. The minimum absolute atomic E-state index is 0.584. The largest absolute Gasteiger partial charge is 0.493 e. The van der Waals surface area contributed by atoms with Gasteiger partial charge in [-0.05, 0) is 78.0 Å². The third-order valence-electron chi connectivity index (χ3n) is 5.38. The van der Waals surface area contributed by atoms with E-state index in [1.54, 1.807) is 0 Å². The van der Waals surface area contributed by atoms with E-state index in [0.717, 1.165) is 17.9 Å². The average Bonchev–Trinajstić information content (AvgIpc) is 3.50. The predicted octanol–water partition coefficient (Wildman–Crippen LogP) is 6.84. The van der Waals surface area contributed by atoms with Crippen LogP contribution in [0.2, 0.25) is 0 Å². The zero-order valence-corrected chi connectivity index (χ0v) is 16.6. The summed E-state index contributed by atoms with van der Waals surface area (Å²) in [5, 5.41) is 1.21. The molecule has 2 aromatic carbocycles. The van der Waals surface area contributed by atoms with Crippen LogP contribution in [0.25, 0.3) is 22.0 Å². The number of hydrogen-bond acceptors (Lipinski definition) is 2. The van der Waals surface area contributed by atoms with Gasteiger partial charge in [0, 0.05) is 11.6 Å². The Labute approximate surface area is 162 Å². The van der Waals surface area contributed by atoms with Crippen molar-refractivity contribution >= 4 is 10.9 Å². The van der Waals surface area contributed by atoms with Crippen molar-refractivity contribution in [1.82, 2.24) is 4.98 Å². The number of para-hydroxylation sites is 1.